The summed E-state index contributed by atoms with van der Waals surface area (Å²) in [5.41, 5.74) is -0.700. The molecule has 0 aliphatic rings. The number of rotatable bonds is 5. The van der Waals surface area contributed by atoms with Gasteiger partial charge in [-0.05, 0) is 27.2 Å². The smallest absolute Gasteiger partial charge is 0.408 e. The third-order valence-electron chi connectivity index (χ3n) is 2.22. The Morgan fingerprint density at radius 1 is 1.20 bits per heavy atom. The molecule has 0 radical (unpaired) electrons. The Labute approximate surface area is 118 Å². The second-order valence-corrected chi connectivity index (χ2v) is 5.20. The minimum Gasteiger partial charge on any atom is -0.467 e. The van der Waals surface area contributed by atoms with E-state index in [0.717, 1.165) is 0 Å². The highest BCUT2D eigenvalue weighted by Gasteiger charge is 2.33. The fraction of sp³-hybridized carbons (Fsp3) is 0.769. The molecule has 0 aromatic heterocycles. The summed E-state index contributed by atoms with van der Waals surface area (Å²) >= 11 is 0. The molecule has 7 nitrogen and oxygen atoms in total. The van der Waals surface area contributed by atoms with Crippen LogP contribution in [0.3, 0.4) is 0 Å². The molecular weight excluding hydrogens is 266 g/mol. The summed E-state index contributed by atoms with van der Waals surface area (Å²) in [6, 6.07) is -1.11. The van der Waals surface area contributed by atoms with Crippen molar-refractivity contribution in [3.8, 4) is 0 Å². The van der Waals surface area contributed by atoms with Gasteiger partial charge in [0.05, 0.1) is 7.11 Å². The summed E-state index contributed by atoms with van der Waals surface area (Å²) in [6.45, 7) is 8.04. The molecule has 1 amide bonds. The number of methoxy groups -OCH3 is 1. The van der Waals surface area contributed by atoms with Gasteiger partial charge in [-0.15, -0.1) is 0 Å². The van der Waals surface area contributed by atoms with E-state index < -0.39 is 35.8 Å². The molecule has 0 saturated heterocycles. The van der Waals surface area contributed by atoms with Crippen LogP contribution in [0.2, 0.25) is 0 Å². The zero-order valence-corrected chi connectivity index (χ0v) is 12.8. The van der Waals surface area contributed by atoms with Crippen LogP contribution in [-0.2, 0) is 23.8 Å². The van der Waals surface area contributed by atoms with Crippen LogP contribution >= 0.6 is 0 Å². The van der Waals surface area contributed by atoms with E-state index in [2.05, 4.69) is 10.1 Å². The highest BCUT2D eigenvalue weighted by Crippen LogP contribution is 2.10. The molecule has 0 rings (SSSR count). The average molecular weight is 289 g/mol. The first-order chi connectivity index (χ1) is 9.10. The Bertz CT molecular complexity index is 360. The minimum absolute atomic E-state index is 0.342. The SMILES string of the molecule is CC[C@@H](OC(C)=O)[C@H](NC(=O)OC(C)(C)C)C(=O)OC. The summed E-state index contributed by atoms with van der Waals surface area (Å²) in [7, 11) is 1.19. The van der Waals surface area contributed by atoms with Gasteiger partial charge in [-0.1, -0.05) is 6.92 Å². The first-order valence-electron chi connectivity index (χ1n) is 6.35. The van der Waals surface area contributed by atoms with E-state index in [1.54, 1.807) is 27.7 Å². The largest absolute Gasteiger partial charge is 0.467 e. The van der Waals surface area contributed by atoms with E-state index in [-0.39, 0.29) is 0 Å². The number of amides is 1. The standard InChI is InChI=1S/C13H23NO6/c1-7-9(19-8(2)15)10(11(16)18-6)14-12(17)20-13(3,4)5/h9-10H,7H2,1-6H3,(H,14,17)/t9-,10+/m1/s1. The van der Waals surface area contributed by atoms with Crippen LogP contribution in [0.5, 0.6) is 0 Å². The summed E-state index contributed by atoms with van der Waals surface area (Å²) in [5.74, 6) is -1.25. The fourth-order valence-electron chi connectivity index (χ4n) is 1.47. The topological polar surface area (TPSA) is 90.9 Å². The maximum absolute atomic E-state index is 11.7. The van der Waals surface area contributed by atoms with Gasteiger partial charge in [0.1, 0.15) is 11.7 Å². The molecule has 0 aliphatic carbocycles. The quantitative estimate of drug-likeness (QED) is 0.607. The number of ether oxygens (including phenoxy) is 3. The predicted octanol–water partition coefficient (Wildman–Crippen LogP) is 1.39. The molecule has 0 bridgehead atoms. The highest BCUT2D eigenvalue weighted by atomic mass is 16.6. The number of hydrogen-bond donors (Lipinski definition) is 1. The molecule has 0 heterocycles. The summed E-state index contributed by atoms with van der Waals surface area (Å²) in [6.07, 6.45) is -1.25. The van der Waals surface area contributed by atoms with Gasteiger partial charge in [0.2, 0.25) is 0 Å². The molecule has 0 unspecified atom stereocenters. The lowest BCUT2D eigenvalue weighted by atomic mass is 10.1. The van der Waals surface area contributed by atoms with Crippen molar-refractivity contribution in [3.63, 3.8) is 0 Å². The average Bonchev–Trinajstić information content (AvgIpc) is 2.29. The summed E-state index contributed by atoms with van der Waals surface area (Å²) < 4.78 is 14.7. The van der Waals surface area contributed by atoms with Crippen molar-refractivity contribution in [2.75, 3.05) is 7.11 Å². The zero-order chi connectivity index (χ0) is 15.9. The number of esters is 2. The zero-order valence-electron chi connectivity index (χ0n) is 12.8. The number of carbonyl (C=O) groups is 3. The number of nitrogens with one attached hydrogen (secondary N) is 1. The molecule has 116 valence electrons. The molecule has 0 aliphatic heterocycles. The number of carbonyl (C=O) groups excluding carboxylic acids is 3. The molecule has 0 spiro atoms. The maximum Gasteiger partial charge on any atom is 0.408 e. The molecule has 2 atom stereocenters. The van der Waals surface area contributed by atoms with Crippen LogP contribution in [0, 0.1) is 0 Å². The van der Waals surface area contributed by atoms with Gasteiger partial charge in [0.25, 0.3) is 0 Å². The van der Waals surface area contributed by atoms with E-state index in [1.165, 1.54) is 14.0 Å². The molecule has 20 heavy (non-hydrogen) atoms. The Balaban J connectivity index is 4.92. The van der Waals surface area contributed by atoms with Crippen LogP contribution < -0.4 is 5.32 Å². The van der Waals surface area contributed by atoms with Gasteiger partial charge in [0.15, 0.2) is 6.04 Å². The Kier molecular flexibility index (Phi) is 7.02. The normalized spacial score (nSPS) is 13.9. The Morgan fingerprint density at radius 3 is 2.10 bits per heavy atom. The lowest BCUT2D eigenvalue weighted by molar-refractivity contribution is -0.155. The Morgan fingerprint density at radius 2 is 1.75 bits per heavy atom. The van der Waals surface area contributed by atoms with Crippen molar-refractivity contribution in [3.05, 3.63) is 0 Å². The highest BCUT2D eigenvalue weighted by molar-refractivity contribution is 5.82. The van der Waals surface area contributed by atoms with Crippen LogP contribution in [0.1, 0.15) is 41.0 Å². The molecule has 0 aromatic rings. The van der Waals surface area contributed by atoms with E-state index in [1.807, 2.05) is 0 Å². The van der Waals surface area contributed by atoms with Crippen molar-refractivity contribution in [2.45, 2.75) is 58.8 Å². The second-order valence-electron chi connectivity index (χ2n) is 5.20. The van der Waals surface area contributed by atoms with Gasteiger partial charge in [-0.25, -0.2) is 9.59 Å². The van der Waals surface area contributed by atoms with E-state index in [0.29, 0.717) is 6.42 Å². The van der Waals surface area contributed by atoms with Crippen LogP contribution in [-0.4, -0.2) is 42.9 Å². The maximum atomic E-state index is 11.7. The van der Waals surface area contributed by atoms with Gasteiger partial charge in [0, 0.05) is 6.92 Å². The minimum atomic E-state index is -1.11. The molecule has 0 fully saturated rings. The first kappa shape index (κ1) is 18.2. The van der Waals surface area contributed by atoms with Crippen LogP contribution in [0.15, 0.2) is 0 Å². The van der Waals surface area contributed by atoms with Crippen molar-refractivity contribution in [1.29, 1.82) is 0 Å². The molecule has 7 heteroatoms. The van der Waals surface area contributed by atoms with Crippen LogP contribution in [0.25, 0.3) is 0 Å². The number of hydrogen-bond acceptors (Lipinski definition) is 6. The van der Waals surface area contributed by atoms with Crippen molar-refractivity contribution in [2.24, 2.45) is 0 Å². The van der Waals surface area contributed by atoms with Gasteiger partial charge in [-0.2, -0.15) is 0 Å². The first-order valence-corrected chi connectivity index (χ1v) is 6.35. The van der Waals surface area contributed by atoms with E-state index in [9.17, 15) is 14.4 Å². The fourth-order valence-corrected chi connectivity index (χ4v) is 1.47. The molecular formula is C13H23NO6. The van der Waals surface area contributed by atoms with Crippen molar-refractivity contribution in [1.82, 2.24) is 5.32 Å². The molecule has 1 N–H and O–H groups in total. The monoisotopic (exact) mass is 289 g/mol. The lowest BCUT2D eigenvalue weighted by Gasteiger charge is -2.26. The van der Waals surface area contributed by atoms with Crippen molar-refractivity contribution >= 4 is 18.0 Å². The second kappa shape index (κ2) is 7.72. The number of alkyl carbamates (subject to hydrolysis) is 1. The predicted molar refractivity (Wildman–Crippen MR) is 71.0 cm³/mol. The van der Waals surface area contributed by atoms with Gasteiger partial charge in [-0.3, -0.25) is 4.79 Å². The van der Waals surface area contributed by atoms with Gasteiger partial charge >= 0.3 is 18.0 Å². The Hall–Kier alpha value is -1.79. The lowest BCUT2D eigenvalue weighted by Crippen LogP contribution is -2.51. The molecule has 0 saturated carbocycles. The van der Waals surface area contributed by atoms with Crippen LogP contribution in [0.4, 0.5) is 4.79 Å². The van der Waals surface area contributed by atoms with E-state index in [4.69, 9.17) is 9.47 Å². The third kappa shape index (κ3) is 6.96. The summed E-state index contributed by atoms with van der Waals surface area (Å²) in [4.78, 5) is 34.4. The summed E-state index contributed by atoms with van der Waals surface area (Å²) in [5, 5.41) is 2.37. The van der Waals surface area contributed by atoms with Crippen molar-refractivity contribution < 1.29 is 28.6 Å². The van der Waals surface area contributed by atoms with E-state index >= 15 is 0 Å². The van der Waals surface area contributed by atoms with Gasteiger partial charge < -0.3 is 19.5 Å². The molecule has 0 aromatic carbocycles. The third-order valence-corrected chi connectivity index (χ3v) is 2.22.